The Morgan fingerprint density at radius 3 is 2.18 bits per heavy atom. The van der Waals surface area contributed by atoms with Gasteiger partial charge in [-0.1, -0.05) is 49.4 Å². The molecule has 0 bridgehead atoms. The number of hydrogen-bond acceptors (Lipinski definition) is 8. The largest absolute Gasteiger partial charge is 0.508 e. The maximum Gasteiger partial charge on any atom is 0.307 e. The first-order chi connectivity index (χ1) is 20.9. The molecule has 5 N–H and O–H groups in total. The number of esters is 1. The molecular weight excluding hydrogens is 586 g/mol. The molecule has 0 spiro atoms. The van der Waals surface area contributed by atoms with Gasteiger partial charge in [-0.25, -0.2) is 0 Å². The molecule has 2 aromatic carbocycles. The fourth-order valence-corrected chi connectivity index (χ4v) is 4.79. The topological polar surface area (TPSA) is 180 Å². The van der Waals surface area contributed by atoms with Gasteiger partial charge in [-0.15, -0.1) is 0 Å². The molecule has 2 aromatic rings. The van der Waals surface area contributed by atoms with Crippen LogP contribution in [-0.4, -0.2) is 94.6 Å². The van der Waals surface area contributed by atoms with Crippen LogP contribution in [-0.2, 0) is 47.6 Å². The number of methoxy groups -OCH3 is 1. The van der Waals surface area contributed by atoms with E-state index in [-0.39, 0.29) is 49.6 Å². The van der Waals surface area contributed by atoms with Gasteiger partial charge in [0.25, 0.3) is 0 Å². The number of rotatable bonds is 17. The number of carbonyl (C=O) groups is 4. The second-order valence-electron chi connectivity index (χ2n) is 10.3. The number of benzene rings is 2. The minimum Gasteiger partial charge on any atom is -0.508 e. The normalized spacial score (nSPS) is 14.0. The third kappa shape index (κ3) is 12.5. The van der Waals surface area contributed by atoms with Crippen LogP contribution in [0.4, 0.5) is 0 Å². The number of phenolic OH excluding ortho intramolecular Hbond substituents is 1. The average molecular weight is 630 g/mol. The van der Waals surface area contributed by atoms with E-state index >= 15 is 0 Å². The molecule has 0 aliphatic carbocycles. The lowest BCUT2D eigenvalue weighted by molar-refractivity contribution is -0.142. The van der Waals surface area contributed by atoms with E-state index in [0.717, 1.165) is 11.1 Å². The quantitative estimate of drug-likeness (QED) is 0.114. The lowest BCUT2D eigenvalue weighted by atomic mass is 10.0. The fourth-order valence-electron chi connectivity index (χ4n) is 4.22. The van der Waals surface area contributed by atoms with Crippen LogP contribution in [0.3, 0.4) is 0 Å². The van der Waals surface area contributed by atoms with Crippen molar-refractivity contribution >= 4 is 40.3 Å². The predicted molar refractivity (Wildman–Crippen MR) is 169 cm³/mol. The standard InChI is InChI=1S/C31H43N5O7S/c1-5-27(32)33-25(19-22-11-13-23(37)14-12-22)30(40)34-24(16-18-44(4)42)29(39)35-26(20-21-9-7-6-8-10-21)31(41)36(2)17-15-28(38)43-3/h6-14,24-26,37H,5,15-20H2,1-4H3,(H2,32,33)(H,34,40)(H,35,39)/t24-,25-,26-,44?/m0/s1. The van der Waals surface area contributed by atoms with E-state index in [9.17, 15) is 28.5 Å². The van der Waals surface area contributed by atoms with Gasteiger partial charge < -0.3 is 31.1 Å². The summed E-state index contributed by atoms with van der Waals surface area (Å²) < 4.78 is 16.6. The van der Waals surface area contributed by atoms with Crippen molar-refractivity contribution in [2.75, 3.05) is 32.7 Å². The highest BCUT2D eigenvalue weighted by Crippen LogP contribution is 2.14. The van der Waals surface area contributed by atoms with Gasteiger partial charge >= 0.3 is 5.97 Å². The van der Waals surface area contributed by atoms with E-state index in [0.29, 0.717) is 6.42 Å². The van der Waals surface area contributed by atoms with E-state index in [1.807, 2.05) is 30.3 Å². The summed E-state index contributed by atoms with van der Waals surface area (Å²) in [6.45, 7) is 1.88. The molecule has 1 unspecified atom stereocenters. The minimum atomic E-state index is -1.26. The molecule has 0 radical (unpaired) electrons. The van der Waals surface area contributed by atoms with E-state index in [4.69, 9.17) is 5.73 Å². The van der Waals surface area contributed by atoms with Crippen LogP contribution >= 0.6 is 0 Å². The maximum absolute atomic E-state index is 13.7. The van der Waals surface area contributed by atoms with Crippen molar-refractivity contribution in [3.05, 3.63) is 65.7 Å². The highest BCUT2D eigenvalue weighted by Gasteiger charge is 2.31. The van der Waals surface area contributed by atoms with Crippen LogP contribution in [0.5, 0.6) is 5.75 Å². The van der Waals surface area contributed by atoms with Gasteiger partial charge in [0.2, 0.25) is 17.7 Å². The molecule has 12 nitrogen and oxygen atoms in total. The Bertz CT molecular complexity index is 1300. The zero-order valence-electron chi connectivity index (χ0n) is 25.7. The molecule has 0 aromatic heterocycles. The summed E-state index contributed by atoms with van der Waals surface area (Å²) in [4.78, 5) is 58.0. The SMILES string of the molecule is CCC(N)=N[C@@H](Cc1ccc(O)cc1)C(=O)N[C@@H](CCS(C)=O)C(=O)N[C@@H](Cc1ccccc1)C(=O)N(C)CCC(=O)OC. The second kappa shape index (κ2) is 18.4. The lowest BCUT2D eigenvalue weighted by Gasteiger charge is -2.27. The monoisotopic (exact) mass is 629 g/mol. The minimum absolute atomic E-state index is 0.0183. The molecule has 0 heterocycles. The van der Waals surface area contributed by atoms with Crippen LogP contribution in [0.1, 0.15) is 37.3 Å². The van der Waals surface area contributed by atoms with Crippen LogP contribution in [0.15, 0.2) is 59.6 Å². The number of nitrogens with two attached hydrogens (primary N) is 1. The Kier molecular flexibility index (Phi) is 15.0. The number of phenols is 1. The first-order valence-electron chi connectivity index (χ1n) is 14.3. The summed E-state index contributed by atoms with van der Waals surface area (Å²) >= 11 is 0. The summed E-state index contributed by atoms with van der Waals surface area (Å²) in [5, 5.41) is 15.1. The highest BCUT2D eigenvalue weighted by atomic mass is 32.2. The number of carbonyl (C=O) groups excluding carboxylic acids is 4. The van der Waals surface area contributed by atoms with Crippen LogP contribution in [0, 0.1) is 0 Å². The highest BCUT2D eigenvalue weighted by molar-refractivity contribution is 7.84. The third-order valence-electron chi connectivity index (χ3n) is 6.83. The summed E-state index contributed by atoms with van der Waals surface area (Å²) in [5.74, 6) is -1.66. The smallest absolute Gasteiger partial charge is 0.307 e. The van der Waals surface area contributed by atoms with Crippen molar-refractivity contribution in [1.82, 2.24) is 15.5 Å². The molecule has 3 amide bonds. The molecule has 2 rings (SSSR count). The number of aliphatic imine (C=N–C) groups is 1. The molecule has 0 aliphatic rings. The van der Waals surface area contributed by atoms with Crippen LogP contribution in [0.2, 0.25) is 0 Å². The van der Waals surface area contributed by atoms with E-state index < -0.39 is 52.6 Å². The molecule has 0 fully saturated rings. The van der Waals surface area contributed by atoms with E-state index in [2.05, 4.69) is 20.4 Å². The molecule has 13 heteroatoms. The van der Waals surface area contributed by atoms with Gasteiger partial charge in [0.05, 0.1) is 19.4 Å². The summed E-state index contributed by atoms with van der Waals surface area (Å²) in [5.41, 5.74) is 7.48. The lowest BCUT2D eigenvalue weighted by Crippen LogP contribution is -2.56. The Morgan fingerprint density at radius 1 is 0.977 bits per heavy atom. The Balaban J connectivity index is 2.31. The molecule has 0 saturated heterocycles. The molecule has 4 atom stereocenters. The predicted octanol–water partition coefficient (Wildman–Crippen LogP) is 1.07. The number of amides is 3. The molecule has 44 heavy (non-hydrogen) atoms. The van der Waals surface area contributed by atoms with Crippen molar-refractivity contribution in [2.24, 2.45) is 10.7 Å². The Labute approximate surface area is 260 Å². The maximum atomic E-state index is 13.7. The number of likely N-dealkylation sites (N-methyl/N-ethyl adjacent to an activating group) is 1. The Morgan fingerprint density at radius 2 is 1.59 bits per heavy atom. The van der Waals surface area contributed by atoms with E-state index in [1.54, 1.807) is 19.1 Å². The second-order valence-corrected chi connectivity index (χ2v) is 11.9. The average Bonchev–Trinajstić information content (AvgIpc) is 3.01. The van der Waals surface area contributed by atoms with Gasteiger partial charge in [0, 0.05) is 55.7 Å². The summed E-state index contributed by atoms with van der Waals surface area (Å²) in [7, 11) is 1.53. The summed E-state index contributed by atoms with van der Waals surface area (Å²) in [6.07, 6.45) is 2.25. The van der Waals surface area contributed by atoms with Crippen molar-refractivity contribution in [3.8, 4) is 5.75 Å². The molecular formula is C31H43N5O7S. The number of nitrogens with zero attached hydrogens (tertiary/aromatic N) is 2. The zero-order chi connectivity index (χ0) is 32.6. The van der Waals surface area contributed by atoms with Gasteiger partial charge in [-0.05, 0) is 29.7 Å². The number of hydrogen-bond donors (Lipinski definition) is 4. The van der Waals surface area contributed by atoms with Crippen molar-refractivity contribution < 1.29 is 33.2 Å². The number of nitrogens with one attached hydrogen (secondary N) is 2. The summed E-state index contributed by atoms with van der Waals surface area (Å²) in [6, 6.07) is 12.3. The first kappa shape index (κ1) is 35.9. The van der Waals surface area contributed by atoms with Gasteiger partial charge in [-0.2, -0.15) is 0 Å². The first-order valence-corrected chi connectivity index (χ1v) is 16.0. The van der Waals surface area contributed by atoms with Crippen LogP contribution in [0.25, 0.3) is 0 Å². The zero-order valence-corrected chi connectivity index (χ0v) is 26.5. The van der Waals surface area contributed by atoms with Gasteiger partial charge in [0.1, 0.15) is 23.9 Å². The molecule has 240 valence electrons. The third-order valence-corrected chi connectivity index (χ3v) is 7.64. The fraction of sp³-hybridized carbons (Fsp3) is 0.452. The van der Waals surface area contributed by atoms with Crippen LogP contribution < -0.4 is 16.4 Å². The van der Waals surface area contributed by atoms with Gasteiger partial charge in [-0.3, -0.25) is 28.4 Å². The Hall–Kier alpha value is -4.26. The van der Waals surface area contributed by atoms with Crippen molar-refractivity contribution in [3.63, 3.8) is 0 Å². The number of amidine groups is 1. The molecule has 0 aliphatic heterocycles. The van der Waals surface area contributed by atoms with Crippen molar-refractivity contribution in [1.29, 1.82) is 0 Å². The number of aromatic hydroxyl groups is 1. The number of ether oxygens (including phenoxy) is 1. The van der Waals surface area contributed by atoms with Crippen molar-refractivity contribution in [2.45, 2.75) is 57.2 Å². The van der Waals surface area contributed by atoms with E-state index in [1.165, 1.54) is 37.4 Å². The van der Waals surface area contributed by atoms with Gasteiger partial charge in [0.15, 0.2) is 0 Å². The molecule has 0 saturated carbocycles.